The molecule has 1 heterocycles. The third-order valence-corrected chi connectivity index (χ3v) is 6.28. The summed E-state index contributed by atoms with van der Waals surface area (Å²) in [7, 11) is 0. The second-order valence-electron chi connectivity index (χ2n) is 8.12. The number of nitrogens with zero attached hydrogens (tertiary/aromatic N) is 2. The van der Waals surface area contributed by atoms with Gasteiger partial charge in [0.1, 0.15) is 0 Å². The first-order valence-electron chi connectivity index (χ1n) is 10.6. The van der Waals surface area contributed by atoms with Crippen molar-refractivity contribution in [1.29, 1.82) is 5.26 Å². The molecule has 2 aromatic rings. The van der Waals surface area contributed by atoms with E-state index in [0.29, 0.717) is 17.0 Å². The van der Waals surface area contributed by atoms with Crippen molar-refractivity contribution in [2.75, 3.05) is 24.7 Å². The van der Waals surface area contributed by atoms with Crippen molar-refractivity contribution in [3.63, 3.8) is 0 Å². The van der Waals surface area contributed by atoms with Crippen LogP contribution in [0.15, 0.2) is 59.8 Å². The van der Waals surface area contributed by atoms with E-state index in [4.69, 9.17) is 5.26 Å². The summed E-state index contributed by atoms with van der Waals surface area (Å²) in [6.07, 6.45) is 3.89. The van der Waals surface area contributed by atoms with Gasteiger partial charge in [0.25, 0.3) is 5.91 Å². The highest BCUT2D eigenvalue weighted by Crippen LogP contribution is 2.31. The number of nitrogens with one attached hydrogen (secondary N) is 2. The highest BCUT2D eigenvalue weighted by molar-refractivity contribution is 7.98. The SMILES string of the molecule is C=C(Nc1cc(C(=O)N2CCC(c3ccc(C#N)cc3)CC2)ccc1SC)NC(C)C. The number of hydrogen-bond donors (Lipinski definition) is 2. The Morgan fingerprint density at radius 2 is 1.87 bits per heavy atom. The molecule has 0 bridgehead atoms. The van der Waals surface area contributed by atoms with E-state index in [0.717, 1.165) is 42.3 Å². The number of hydrogen-bond acceptors (Lipinski definition) is 5. The number of carbonyl (C=O) groups excluding carboxylic acids is 1. The Hall–Kier alpha value is -2.91. The van der Waals surface area contributed by atoms with Gasteiger partial charge in [-0.2, -0.15) is 5.26 Å². The Labute approximate surface area is 189 Å². The van der Waals surface area contributed by atoms with E-state index >= 15 is 0 Å². The molecule has 2 aromatic carbocycles. The first kappa shape index (κ1) is 22.8. The van der Waals surface area contributed by atoms with Crippen LogP contribution in [0, 0.1) is 11.3 Å². The van der Waals surface area contributed by atoms with E-state index in [1.807, 2.05) is 53.6 Å². The van der Waals surface area contributed by atoms with E-state index in [1.165, 1.54) is 5.56 Å². The van der Waals surface area contributed by atoms with Gasteiger partial charge >= 0.3 is 0 Å². The standard InChI is InChI=1S/C25H30N4OS/c1-17(2)27-18(3)28-23-15-22(9-10-24(23)31-4)25(30)29-13-11-21(12-14-29)20-7-5-19(16-26)6-8-20/h5-10,15,17,21,27-28H,3,11-14H2,1-2,4H3. The zero-order valence-corrected chi connectivity index (χ0v) is 19.3. The Bertz CT molecular complexity index is 970. The molecule has 0 spiro atoms. The van der Waals surface area contributed by atoms with Crippen LogP contribution in [0.2, 0.25) is 0 Å². The number of amides is 1. The number of likely N-dealkylation sites (tertiary alicyclic amines) is 1. The topological polar surface area (TPSA) is 68.2 Å². The predicted molar refractivity (Wildman–Crippen MR) is 128 cm³/mol. The van der Waals surface area contributed by atoms with Gasteiger partial charge in [-0.05, 0) is 74.8 Å². The zero-order valence-electron chi connectivity index (χ0n) is 18.4. The molecular weight excluding hydrogens is 404 g/mol. The van der Waals surface area contributed by atoms with E-state index < -0.39 is 0 Å². The largest absolute Gasteiger partial charge is 0.370 e. The molecule has 1 saturated heterocycles. The van der Waals surface area contributed by atoms with E-state index in [9.17, 15) is 4.79 Å². The van der Waals surface area contributed by atoms with E-state index in [2.05, 4.69) is 37.1 Å². The summed E-state index contributed by atoms with van der Waals surface area (Å²) >= 11 is 1.64. The molecule has 5 nitrogen and oxygen atoms in total. The third-order valence-electron chi connectivity index (χ3n) is 5.49. The van der Waals surface area contributed by atoms with Crippen LogP contribution in [-0.4, -0.2) is 36.2 Å². The molecule has 0 aliphatic carbocycles. The Morgan fingerprint density at radius 1 is 1.19 bits per heavy atom. The van der Waals surface area contributed by atoms with Crippen molar-refractivity contribution >= 4 is 23.4 Å². The molecule has 0 radical (unpaired) electrons. The summed E-state index contributed by atoms with van der Waals surface area (Å²) in [6.45, 7) is 9.62. The molecule has 0 saturated carbocycles. The fourth-order valence-corrected chi connectivity index (χ4v) is 4.45. The monoisotopic (exact) mass is 434 g/mol. The van der Waals surface area contributed by atoms with Crippen molar-refractivity contribution in [3.8, 4) is 6.07 Å². The van der Waals surface area contributed by atoms with Gasteiger partial charge in [0.05, 0.1) is 23.1 Å². The molecule has 0 aromatic heterocycles. The van der Waals surface area contributed by atoms with E-state index in [-0.39, 0.29) is 11.9 Å². The maximum Gasteiger partial charge on any atom is 0.253 e. The minimum Gasteiger partial charge on any atom is -0.370 e. The van der Waals surface area contributed by atoms with Gasteiger partial charge in [0, 0.05) is 29.6 Å². The van der Waals surface area contributed by atoms with Crippen molar-refractivity contribution < 1.29 is 4.79 Å². The lowest BCUT2D eigenvalue weighted by Crippen LogP contribution is -2.38. The summed E-state index contributed by atoms with van der Waals surface area (Å²) in [4.78, 5) is 16.2. The molecule has 162 valence electrons. The van der Waals surface area contributed by atoms with Crippen LogP contribution in [0.4, 0.5) is 5.69 Å². The summed E-state index contributed by atoms with van der Waals surface area (Å²) in [6, 6.07) is 16.1. The fourth-order valence-electron chi connectivity index (χ4n) is 3.91. The lowest BCUT2D eigenvalue weighted by Gasteiger charge is -2.32. The minimum absolute atomic E-state index is 0.0661. The minimum atomic E-state index is 0.0661. The van der Waals surface area contributed by atoms with E-state index in [1.54, 1.807) is 11.8 Å². The summed E-state index contributed by atoms with van der Waals surface area (Å²) in [5.41, 5.74) is 3.51. The number of piperidine rings is 1. The smallest absolute Gasteiger partial charge is 0.253 e. The quantitative estimate of drug-likeness (QED) is 0.588. The van der Waals surface area contributed by atoms with Crippen LogP contribution < -0.4 is 10.6 Å². The molecule has 1 aliphatic rings. The molecule has 0 unspecified atom stereocenters. The maximum atomic E-state index is 13.2. The van der Waals surface area contributed by atoms with Crippen LogP contribution in [0.5, 0.6) is 0 Å². The van der Waals surface area contributed by atoms with Crippen LogP contribution in [0.1, 0.15) is 54.1 Å². The lowest BCUT2D eigenvalue weighted by atomic mass is 9.89. The average molecular weight is 435 g/mol. The average Bonchev–Trinajstić information content (AvgIpc) is 2.78. The summed E-state index contributed by atoms with van der Waals surface area (Å²) in [5, 5.41) is 15.5. The lowest BCUT2D eigenvalue weighted by molar-refractivity contribution is 0.0713. The highest BCUT2D eigenvalue weighted by atomic mass is 32.2. The number of carbonyl (C=O) groups is 1. The third kappa shape index (κ3) is 5.83. The van der Waals surface area contributed by atoms with Gasteiger partial charge in [-0.15, -0.1) is 11.8 Å². The first-order chi connectivity index (χ1) is 14.9. The predicted octanol–water partition coefficient (Wildman–Crippen LogP) is 5.18. The normalized spacial score (nSPS) is 14.2. The van der Waals surface area contributed by atoms with Crippen LogP contribution in [0.25, 0.3) is 0 Å². The number of benzene rings is 2. The van der Waals surface area contributed by atoms with Gasteiger partial charge in [-0.3, -0.25) is 4.79 Å². The van der Waals surface area contributed by atoms with Gasteiger partial charge in [-0.1, -0.05) is 18.7 Å². The summed E-state index contributed by atoms with van der Waals surface area (Å²) in [5.74, 6) is 1.22. The molecule has 0 atom stereocenters. The fraction of sp³-hybridized carbons (Fsp3) is 0.360. The van der Waals surface area contributed by atoms with Crippen LogP contribution >= 0.6 is 11.8 Å². The molecule has 6 heteroatoms. The van der Waals surface area contributed by atoms with Gasteiger partial charge in [-0.25, -0.2) is 0 Å². The second-order valence-corrected chi connectivity index (χ2v) is 8.97. The summed E-state index contributed by atoms with van der Waals surface area (Å²) < 4.78 is 0. The van der Waals surface area contributed by atoms with Gasteiger partial charge < -0.3 is 15.5 Å². The van der Waals surface area contributed by atoms with Gasteiger partial charge in [0.2, 0.25) is 0 Å². The molecule has 31 heavy (non-hydrogen) atoms. The number of nitriles is 1. The highest BCUT2D eigenvalue weighted by Gasteiger charge is 2.25. The molecule has 2 N–H and O–H groups in total. The molecular formula is C25H30N4OS. The maximum absolute atomic E-state index is 13.2. The number of anilines is 1. The van der Waals surface area contributed by atoms with Crippen molar-refractivity contribution in [2.24, 2.45) is 0 Å². The number of thioether (sulfide) groups is 1. The molecule has 1 amide bonds. The van der Waals surface area contributed by atoms with Crippen LogP contribution in [-0.2, 0) is 0 Å². The van der Waals surface area contributed by atoms with Crippen molar-refractivity contribution in [2.45, 2.75) is 43.5 Å². The Balaban J connectivity index is 1.66. The number of rotatable bonds is 7. The Morgan fingerprint density at radius 3 is 2.45 bits per heavy atom. The first-order valence-corrected chi connectivity index (χ1v) is 11.8. The molecule has 1 aliphatic heterocycles. The molecule has 1 fully saturated rings. The zero-order chi connectivity index (χ0) is 22.4. The van der Waals surface area contributed by atoms with Crippen LogP contribution in [0.3, 0.4) is 0 Å². The Kier molecular flexibility index (Phi) is 7.64. The van der Waals surface area contributed by atoms with Gasteiger partial charge in [0.15, 0.2) is 0 Å². The van der Waals surface area contributed by atoms with Crippen molar-refractivity contribution in [1.82, 2.24) is 10.2 Å². The molecule has 3 rings (SSSR count). The van der Waals surface area contributed by atoms with Crippen molar-refractivity contribution in [3.05, 3.63) is 71.6 Å². The second kappa shape index (κ2) is 10.4.